The zero-order chi connectivity index (χ0) is 12.6. The van der Waals surface area contributed by atoms with E-state index in [4.69, 9.17) is 14.0 Å². The van der Waals surface area contributed by atoms with Crippen molar-refractivity contribution in [1.82, 2.24) is 0 Å². The molecule has 0 aliphatic rings. The van der Waals surface area contributed by atoms with E-state index in [9.17, 15) is 13.5 Å². The minimum Gasteiger partial charge on any atom is -0.387 e. The van der Waals surface area contributed by atoms with E-state index in [2.05, 4.69) is 13.2 Å². The van der Waals surface area contributed by atoms with E-state index in [0.717, 1.165) is 0 Å². The summed E-state index contributed by atoms with van der Waals surface area (Å²) in [5.41, 5.74) is 0. The molecule has 0 saturated carbocycles. The van der Waals surface area contributed by atoms with Gasteiger partial charge in [-0.1, -0.05) is 12.2 Å². The second kappa shape index (κ2) is 7.53. The molecule has 0 aliphatic heterocycles. The van der Waals surface area contributed by atoms with Gasteiger partial charge in [0.25, 0.3) is 10.1 Å². The first-order valence-electron chi connectivity index (χ1n) is 4.49. The van der Waals surface area contributed by atoms with E-state index in [1.165, 1.54) is 12.2 Å². The average Bonchev–Trinajstić information content (AvgIpc) is 2.15. The zero-order valence-corrected chi connectivity index (χ0v) is 9.60. The van der Waals surface area contributed by atoms with E-state index in [0.29, 0.717) is 0 Å². The molecule has 0 aromatic heterocycles. The molecule has 2 N–H and O–H groups in total. The molecule has 16 heavy (non-hydrogen) atoms. The molecular weight excluding hydrogens is 236 g/mol. The molecule has 0 radical (unpaired) electrons. The second-order valence-electron chi connectivity index (χ2n) is 2.93. The third-order valence-electron chi connectivity index (χ3n) is 1.45. The number of ether oxygens (including phenoxy) is 2. The van der Waals surface area contributed by atoms with Crippen molar-refractivity contribution in [3.05, 3.63) is 25.3 Å². The Hall–Kier alpha value is -0.730. The van der Waals surface area contributed by atoms with Crippen molar-refractivity contribution in [1.29, 1.82) is 0 Å². The first-order chi connectivity index (χ1) is 7.40. The van der Waals surface area contributed by atoms with E-state index >= 15 is 0 Å². The molecular formula is C9H16O6S. The highest BCUT2D eigenvalue weighted by Gasteiger charge is 2.25. The largest absolute Gasteiger partial charge is 0.387 e. The van der Waals surface area contributed by atoms with Crippen LogP contribution in [0, 0.1) is 0 Å². The van der Waals surface area contributed by atoms with Crippen molar-refractivity contribution < 1.29 is 27.6 Å². The van der Waals surface area contributed by atoms with Gasteiger partial charge < -0.3 is 14.6 Å². The fourth-order valence-corrected chi connectivity index (χ4v) is 1.48. The van der Waals surface area contributed by atoms with Gasteiger partial charge >= 0.3 is 0 Å². The fraction of sp³-hybridized carbons (Fsp3) is 0.556. The van der Waals surface area contributed by atoms with Gasteiger partial charge in [0, 0.05) is 0 Å². The van der Waals surface area contributed by atoms with Crippen molar-refractivity contribution in [3.63, 3.8) is 0 Å². The molecule has 1 unspecified atom stereocenters. The van der Waals surface area contributed by atoms with Crippen LogP contribution in [-0.4, -0.2) is 49.4 Å². The van der Waals surface area contributed by atoms with Crippen LogP contribution in [0.3, 0.4) is 0 Å². The molecule has 7 heteroatoms. The minimum atomic E-state index is -4.28. The Morgan fingerprint density at radius 1 is 1.19 bits per heavy atom. The standard InChI is InChI=1S/C9H16O6S/c1-3-5-14-9(15-6-4-2)8(10)7-16(11,12)13/h3-4,8-10H,1-2,5-7H2,(H,11,12,13). The van der Waals surface area contributed by atoms with Gasteiger partial charge in [0.2, 0.25) is 0 Å². The highest BCUT2D eigenvalue weighted by atomic mass is 32.2. The van der Waals surface area contributed by atoms with Crippen LogP contribution in [0.15, 0.2) is 25.3 Å². The highest BCUT2D eigenvalue weighted by Crippen LogP contribution is 2.05. The van der Waals surface area contributed by atoms with Crippen LogP contribution < -0.4 is 0 Å². The van der Waals surface area contributed by atoms with Crippen LogP contribution in [0.25, 0.3) is 0 Å². The van der Waals surface area contributed by atoms with Gasteiger partial charge in [-0.15, -0.1) is 13.2 Å². The van der Waals surface area contributed by atoms with Gasteiger partial charge in [-0.3, -0.25) is 4.55 Å². The SMILES string of the molecule is C=CCOC(OCC=C)C(O)CS(=O)(=O)O. The normalized spacial score (nSPS) is 13.7. The van der Waals surface area contributed by atoms with Crippen molar-refractivity contribution in [2.75, 3.05) is 19.0 Å². The lowest BCUT2D eigenvalue weighted by atomic mass is 10.4. The van der Waals surface area contributed by atoms with Crippen LogP contribution in [0.1, 0.15) is 0 Å². The summed E-state index contributed by atoms with van der Waals surface area (Å²) in [6.07, 6.45) is 0.210. The highest BCUT2D eigenvalue weighted by molar-refractivity contribution is 7.85. The van der Waals surface area contributed by atoms with Crippen LogP contribution in [0.5, 0.6) is 0 Å². The molecule has 0 spiro atoms. The van der Waals surface area contributed by atoms with Gasteiger partial charge in [0.05, 0.1) is 13.2 Å². The number of rotatable bonds is 9. The fourth-order valence-electron chi connectivity index (χ4n) is 0.890. The molecule has 0 rings (SSSR count). The number of aliphatic hydroxyl groups is 1. The van der Waals surface area contributed by atoms with E-state index in [1.807, 2.05) is 0 Å². The van der Waals surface area contributed by atoms with Gasteiger partial charge in [0.15, 0.2) is 6.29 Å². The lowest BCUT2D eigenvalue weighted by Gasteiger charge is -2.21. The Balaban J connectivity index is 4.34. The third kappa shape index (κ3) is 7.55. The molecule has 0 aromatic carbocycles. The Labute approximate surface area is 94.9 Å². The zero-order valence-electron chi connectivity index (χ0n) is 8.78. The minimum absolute atomic E-state index is 0.0876. The summed E-state index contributed by atoms with van der Waals surface area (Å²) in [7, 11) is -4.28. The third-order valence-corrected chi connectivity index (χ3v) is 2.21. The summed E-state index contributed by atoms with van der Waals surface area (Å²) >= 11 is 0. The lowest BCUT2D eigenvalue weighted by molar-refractivity contribution is -0.176. The Morgan fingerprint density at radius 3 is 1.94 bits per heavy atom. The summed E-state index contributed by atoms with van der Waals surface area (Å²) in [6.45, 7) is 6.97. The molecule has 0 heterocycles. The Morgan fingerprint density at radius 2 is 1.62 bits per heavy atom. The number of hydrogen-bond donors (Lipinski definition) is 2. The summed E-state index contributed by atoms with van der Waals surface area (Å²) in [5.74, 6) is -0.855. The molecule has 0 aliphatic carbocycles. The van der Waals surface area contributed by atoms with E-state index in [1.54, 1.807) is 0 Å². The predicted octanol–water partition coefficient (Wildman–Crippen LogP) is -0.0336. The lowest BCUT2D eigenvalue weighted by Crippen LogP contribution is -2.37. The number of aliphatic hydroxyl groups excluding tert-OH is 1. The molecule has 0 fully saturated rings. The van der Waals surface area contributed by atoms with E-state index in [-0.39, 0.29) is 13.2 Å². The van der Waals surface area contributed by atoms with Crippen molar-refractivity contribution in [3.8, 4) is 0 Å². The molecule has 0 amide bonds. The van der Waals surface area contributed by atoms with Crippen molar-refractivity contribution in [2.45, 2.75) is 12.4 Å². The molecule has 94 valence electrons. The average molecular weight is 252 g/mol. The quantitative estimate of drug-likeness (QED) is 0.340. The van der Waals surface area contributed by atoms with Crippen molar-refractivity contribution >= 4 is 10.1 Å². The number of hydrogen-bond acceptors (Lipinski definition) is 5. The molecule has 6 nitrogen and oxygen atoms in total. The van der Waals surface area contributed by atoms with Crippen LogP contribution in [-0.2, 0) is 19.6 Å². The maximum atomic E-state index is 10.5. The monoisotopic (exact) mass is 252 g/mol. The topological polar surface area (TPSA) is 93.1 Å². The van der Waals surface area contributed by atoms with Crippen molar-refractivity contribution in [2.24, 2.45) is 0 Å². The van der Waals surface area contributed by atoms with Crippen LogP contribution in [0.4, 0.5) is 0 Å². The second-order valence-corrected chi connectivity index (χ2v) is 4.43. The molecule has 0 aromatic rings. The summed E-state index contributed by atoms with van der Waals surface area (Å²) < 4.78 is 39.6. The predicted molar refractivity (Wildman–Crippen MR) is 58.5 cm³/mol. The van der Waals surface area contributed by atoms with Gasteiger partial charge in [0.1, 0.15) is 11.9 Å². The smallest absolute Gasteiger partial charge is 0.267 e. The van der Waals surface area contributed by atoms with E-state index < -0.39 is 28.3 Å². The van der Waals surface area contributed by atoms with Gasteiger partial charge in [-0.25, -0.2) is 0 Å². The summed E-state index contributed by atoms with van der Waals surface area (Å²) in [6, 6.07) is 0. The molecule has 0 saturated heterocycles. The van der Waals surface area contributed by atoms with Gasteiger partial charge in [-0.05, 0) is 0 Å². The Kier molecular flexibility index (Phi) is 7.18. The van der Waals surface area contributed by atoms with Crippen LogP contribution in [0.2, 0.25) is 0 Å². The summed E-state index contributed by atoms with van der Waals surface area (Å²) in [5, 5.41) is 9.44. The molecule has 0 bridgehead atoms. The maximum Gasteiger partial charge on any atom is 0.267 e. The summed E-state index contributed by atoms with van der Waals surface area (Å²) in [4.78, 5) is 0. The Bertz CT molecular complexity index is 298. The van der Waals surface area contributed by atoms with Gasteiger partial charge in [-0.2, -0.15) is 8.42 Å². The van der Waals surface area contributed by atoms with Crippen LogP contribution >= 0.6 is 0 Å². The first-order valence-corrected chi connectivity index (χ1v) is 6.10. The maximum absolute atomic E-state index is 10.5. The molecule has 1 atom stereocenters. The first kappa shape index (κ1) is 15.3.